The zero-order valence-corrected chi connectivity index (χ0v) is 7.52. The second kappa shape index (κ2) is 3.79. The molecule has 0 saturated carbocycles. The number of methoxy groups -OCH3 is 1. The quantitative estimate of drug-likeness (QED) is 0.589. The number of hydrogen-bond acceptors (Lipinski definition) is 5. The third-order valence-corrected chi connectivity index (χ3v) is 1.69. The van der Waals surface area contributed by atoms with Gasteiger partial charge in [0.05, 0.1) is 17.6 Å². The number of benzene rings is 1. The molecule has 0 saturated heterocycles. The van der Waals surface area contributed by atoms with Crippen LogP contribution in [0.15, 0.2) is 6.07 Å². The monoisotopic (exact) mass is 212 g/mol. The van der Waals surface area contributed by atoms with Crippen molar-refractivity contribution in [1.82, 2.24) is 0 Å². The van der Waals surface area contributed by atoms with Gasteiger partial charge in [-0.15, -0.1) is 0 Å². The van der Waals surface area contributed by atoms with Crippen LogP contribution in [0, 0.1) is 27.3 Å². The molecule has 6 nitrogen and oxygen atoms in total. The van der Waals surface area contributed by atoms with Crippen molar-refractivity contribution in [2.45, 2.75) is 0 Å². The van der Waals surface area contributed by atoms with Gasteiger partial charge < -0.3 is 9.84 Å². The third-order valence-electron chi connectivity index (χ3n) is 1.69. The van der Waals surface area contributed by atoms with Crippen molar-refractivity contribution >= 4 is 5.69 Å². The average Bonchev–Trinajstić information content (AvgIpc) is 2.21. The lowest BCUT2D eigenvalue weighted by Gasteiger charge is -2.05. The maximum absolute atomic E-state index is 13.1. The zero-order chi connectivity index (χ0) is 11.6. The van der Waals surface area contributed by atoms with Crippen molar-refractivity contribution in [2.24, 2.45) is 0 Å². The fraction of sp³-hybridized carbons (Fsp3) is 0.125. The molecule has 7 heteroatoms. The molecule has 0 spiro atoms. The van der Waals surface area contributed by atoms with E-state index in [1.165, 1.54) is 6.07 Å². The molecule has 1 N–H and O–H groups in total. The van der Waals surface area contributed by atoms with Crippen LogP contribution in [0.2, 0.25) is 0 Å². The first-order valence-corrected chi connectivity index (χ1v) is 3.66. The van der Waals surface area contributed by atoms with Gasteiger partial charge in [0.2, 0.25) is 11.5 Å². The van der Waals surface area contributed by atoms with E-state index < -0.39 is 33.5 Å². The summed E-state index contributed by atoms with van der Waals surface area (Å²) in [5, 5.41) is 28.1. The average molecular weight is 212 g/mol. The van der Waals surface area contributed by atoms with E-state index in [0.717, 1.165) is 7.11 Å². The molecule has 1 aromatic carbocycles. The van der Waals surface area contributed by atoms with Crippen LogP contribution in [0.5, 0.6) is 11.5 Å². The molecular weight excluding hydrogens is 207 g/mol. The summed E-state index contributed by atoms with van der Waals surface area (Å²) in [6.45, 7) is 0. The topological polar surface area (TPSA) is 96.4 Å². The minimum absolute atomic E-state index is 0.600. The van der Waals surface area contributed by atoms with Crippen LogP contribution in [0.3, 0.4) is 0 Å². The standard InChI is InChI=1S/C8H5FN2O4/c1-15-8-5(11(13)14)2-4(3-10)6(9)7(8)12/h2,12H,1H3. The lowest BCUT2D eigenvalue weighted by Crippen LogP contribution is -1.97. The molecule has 0 aromatic heterocycles. The lowest BCUT2D eigenvalue weighted by molar-refractivity contribution is -0.385. The van der Waals surface area contributed by atoms with Crippen LogP contribution in [0.1, 0.15) is 5.56 Å². The number of nitro benzene ring substituents is 1. The molecule has 1 aromatic rings. The van der Waals surface area contributed by atoms with Crippen molar-refractivity contribution in [3.05, 3.63) is 27.6 Å². The van der Waals surface area contributed by atoms with Crippen LogP contribution in [-0.2, 0) is 0 Å². The summed E-state index contributed by atoms with van der Waals surface area (Å²) in [4.78, 5) is 9.62. The summed E-state index contributed by atoms with van der Waals surface area (Å²) in [5.74, 6) is -2.88. The number of aromatic hydroxyl groups is 1. The Bertz CT molecular complexity index is 467. The molecule has 0 radical (unpaired) electrons. The van der Waals surface area contributed by atoms with Crippen molar-refractivity contribution < 1.29 is 19.2 Å². The molecule has 1 rings (SSSR count). The Labute approximate surface area is 83.3 Å². The second-order valence-electron chi connectivity index (χ2n) is 2.51. The molecule has 0 unspecified atom stereocenters. The van der Waals surface area contributed by atoms with Crippen LogP contribution in [0.4, 0.5) is 10.1 Å². The van der Waals surface area contributed by atoms with Gasteiger partial charge in [-0.25, -0.2) is 4.39 Å². The third kappa shape index (κ3) is 1.65. The molecule has 0 atom stereocenters. The number of phenolic OH excluding ortho intramolecular Hbond substituents is 1. The minimum atomic E-state index is -1.24. The molecule has 0 bridgehead atoms. The van der Waals surface area contributed by atoms with Gasteiger partial charge in [-0.3, -0.25) is 10.1 Å². The number of hydrogen-bond donors (Lipinski definition) is 1. The minimum Gasteiger partial charge on any atom is -0.502 e. The Kier molecular flexibility index (Phi) is 2.71. The molecule has 78 valence electrons. The zero-order valence-electron chi connectivity index (χ0n) is 7.52. The summed E-state index contributed by atoms with van der Waals surface area (Å²) >= 11 is 0. The Morgan fingerprint density at radius 1 is 1.73 bits per heavy atom. The fourth-order valence-corrected chi connectivity index (χ4v) is 1.03. The lowest BCUT2D eigenvalue weighted by atomic mass is 10.1. The van der Waals surface area contributed by atoms with Gasteiger partial charge in [0.25, 0.3) is 0 Å². The van der Waals surface area contributed by atoms with Gasteiger partial charge in [0, 0.05) is 6.07 Å². The first-order valence-electron chi connectivity index (χ1n) is 3.66. The SMILES string of the molecule is COc1c([N+](=O)[O-])cc(C#N)c(F)c1O. The first kappa shape index (κ1) is 10.7. The van der Waals surface area contributed by atoms with E-state index in [4.69, 9.17) is 5.26 Å². The van der Waals surface area contributed by atoms with E-state index in [1.54, 1.807) is 0 Å². The van der Waals surface area contributed by atoms with Gasteiger partial charge in [-0.1, -0.05) is 0 Å². The summed E-state index contributed by atoms with van der Waals surface area (Å²) < 4.78 is 17.6. The summed E-state index contributed by atoms with van der Waals surface area (Å²) in [6, 6.07) is 2.09. The predicted octanol–water partition coefficient (Wildman–Crippen LogP) is 1.32. The summed E-state index contributed by atoms with van der Waals surface area (Å²) in [6.07, 6.45) is 0. The molecule has 0 amide bonds. The van der Waals surface area contributed by atoms with Crippen molar-refractivity contribution in [3.63, 3.8) is 0 Å². The van der Waals surface area contributed by atoms with Gasteiger partial charge in [-0.2, -0.15) is 5.26 Å². The highest BCUT2D eigenvalue weighted by Crippen LogP contribution is 2.39. The largest absolute Gasteiger partial charge is 0.502 e. The number of nitrogens with zero attached hydrogens (tertiary/aromatic N) is 2. The Morgan fingerprint density at radius 2 is 2.33 bits per heavy atom. The number of ether oxygens (including phenoxy) is 1. The van der Waals surface area contributed by atoms with Crippen LogP contribution >= 0.6 is 0 Å². The molecule has 0 heterocycles. The van der Waals surface area contributed by atoms with Crippen molar-refractivity contribution in [3.8, 4) is 17.6 Å². The highest BCUT2D eigenvalue weighted by atomic mass is 19.1. The Morgan fingerprint density at radius 3 is 2.73 bits per heavy atom. The van der Waals surface area contributed by atoms with Crippen molar-refractivity contribution in [2.75, 3.05) is 7.11 Å². The maximum Gasteiger partial charge on any atom is 0.316 e. The van der Waals surface area contributed by atoms with E-state index >= 15 is 0 Å². The Balaban J connectivity index is 3.60. The highest BCUT2D eigenvalue weighted by Gasteiger charge is 2.25. The number of nitriles is 1. The number of rotatable bonds is 2. The van der Waals surface area contributed by atoms with Gasteiger partial charge in [0.1, 0.15) is 6.07 Å². The Hall–Kier alpha value is -2.36. The molecule has 0 aliphatic carbocycles. The molecular formula is C8H5FN2O4. The summed E-state index contributed by atoms with van der Waals surface area (Å²) in [7, 11) is 1.05. The molecule has 15 heavy (non-hydrogen) atoms. The highest BCUT2D eigenvalue weighted by molar-refractivity contribution is 5.60. The predicted molar refractivity (Wildman–Crippen MR) is 46.0 cm³/mol. The van der Waals surface area contributed by atoms with Crippen LogP contribution in [0.25, 0.3) is 0 Å². The molecule has 0 fully saturated rings. The van der Waals surface area contributed by atoms with Gasteiger partial charge in [-0.05, 0) is 0 Å². The van der Waals surface area contributed by atoms with E-state index in [9.17, 15) is 19.6 Å². The number of halogens is 1. The van der Waals surface area contributed by atoms with E-state index in [0.29, 0.717) is 6.07 Å². The van der Waals surface area contributed by atoms with Gasteiger partial charge >= 0.3 is 5.69 Å². The van der Waals surface area contributed by atoms with E-state index in [1.807, 2.05) is 0 Å². The molecule has 0 aliphatic rings. The second-order valence-corrected chi connectivity index (χ2v) is 2.51. The summed E-state index contributed by atoms with van der Waals surface area (Å²) in [5.41, 5.74) is -1.27. The van der Waals surface area contributed by atoms with Crippen molar-refractivity contribution in [1.29, 1.82) is 5.26 Å². The van der Waals surface area contributed by atoms with E-state index in [2.05, 4.69) is 4.74 Å². The van der Waals surface area contributed by atoms with E-state index in [-0.39, 0.29) is 0 Å². The number of phenols is 1. The first-order chi connectivity index (χ1) is 7.02. The number of nitro groups is 1. The normalized spacial score (nSPS) is 9.40. The fourth-order valence-electron chi connectivity index (χ4n) is 1.03. The molecule has 0 aliphatic heterocycles. The van der Waals surface area contributed by atoms with Crippen LogP contribution in [-0.4, -0.2) is 17.1 Å². The van der Waals surface area contributed by atoms with Gasteiger partial charge in [0.15, 0.2) is 5.82 Å². The maximum atomic E-state index is 13.1. The van der Waals surface area contributed by atoms with Crippen LogP contribution < -0.4 is 4.74 Å². The smallest absolute Gasteiger partial charge is 0.316 e.